The lowest BCUT2D eigenvalue weighted by Crippen LogP contribution is -2.37. The summed E-state index contributed by atoms with van der Waals surface area (Å²) in [4.78, 5) is 2.47. The number of piperidine rings is 1. The van der Waals surface area contributed by atoms with Crippen molar-refractivity contribution in [1.82, 2.24) is 4.90 Å². The molecule has 0 aromatic heterocycles. The Morgan fingerprint density at radius 2 is 1.56 bits per heavy atom. The van der Waals surface area contributed by atoms with Gasteiger partial charge in [-0.25, -0.2) is 0 Å². The summed E-state index contributed by atoms with van der Waals surface area (Å²) in [5.41, 5.74) is 0. The van der Waals surface area contributed by atoms with E-state index in [0.717, 1.165) is 18.4 Å². The molecular weight excluding hydrogens is 196 g/mol. The van der Waals surface area contributed by atoms with Crippen molar-refractivity contribution in [3.05, 3.63) is 0 Å². The van der Waals surface area contributed by atoms with Crippen LogP contribution in [0.15, 0.2) is 0 Å². The second kappa shape index (κ2) is 6.25. The monoisotopic (exact) mass is 220 g/mol. The second-order valence-corrected chi connectivity index (χ2v) is 5.49. The zero-order valence-corrected chi connectivity index (χ0v) is 10.3. The van der Waals surface area contributed by atoms with Crippen LogP contribution in [0.5, 0.6) is 0 Å². The normalized spacial score (nSPS) is 25.4. The van der Waals surface area contributed by atoms with Gasteiger partial charge in [0.25, 0.3) is 0 Å². The van der Waals surface area contributed by atoms with Crippen LogP contribution in [0.4, 0.5) is 0 Å². The summed E-state index contributed by atoms with van der Waals surface area (Å²) in [7, 11) is 0. The third-order valence-corrected chi connectivity index (χ3v) is 4.49. The number of nitriles is 1. The van der Waals surface area contributed by atoms with E-state index in [2.05, 4.69) is 11.0 Å². The van der Waals surface area contributed by atoms with Gasteiger partial charge in [0.1, 0.15) is 0 Å². The minimum Gasteiger partial charge on any atom is -0.302 e. The Morgan fingerprint density at radius 1 is 0.938 bits per heavy atom. The van der Waals surface area contributed by atoms with E-state index in [-0.39, 0.29) is 0 Å². The van der Waals surface area contributed by atoms with Crippen molar-refractivity contribution < 1.29 is 0 Å². The van der Waals surface area contributed by atoms with Gasteiger partial charge in [-0.15, -0.1) is 0 Å². The summed E-state index contributed by atoms with van der Waals surface area (Å²) in [5, 5.41) is 8.58. The van der Waals surface area contributed by atoms with Gasteiger partial charge >= 0.3 is 0 Å². The Morgan fingerprint density at radius 3 is 2.19 bits per heavy atom. The quantitative estimate of drug-likeness (QED) is 0.730. The molecule has 1 saturated heterocycles. The summed E-state index contributed by atoms with van der Waals surface area (Å²) in [6.07, 6.45) is 10.9. The molecule has 0 radical (unpaired) electrons. The van der Waals surface area contributed by atoms with Crippen molar-refractivity contribution in [3.8, 4) is 6.07 Å². The molecule has 1 aliphatic heterocycles. The zero-order valence-electron chi connectivity index (χ0n) is 10.3. The SMILES string of the molecule is N#CCCN1CCC(C2CCCCC2)CC1. The zero-order chi connectivity index (χ0) is 11.2. The molecule has 0 N–H and O–H groups in total. The van der Waals surface area contributed by atoms with Crippen molar-refractivity contribution in [2.45, 2.75) is 51.4 Å². The van der Waals surface area contributed by atoms with Gasteiger partial charge in [-0.3, -0.25) is 0 Å². The first-order valence-electron chi connectivity index (χ1n) is 6.99. The number of hydrogen-bond acceptors (Lipinski definition) is 2. The smallest absolute Gasteiger partial charge is 0.0635 e. The summed E-state index contributed by atoms with van der Waals surface area (Å²) < 4.78 is 0. The number of likely N-dealkylation sites (tertiary alicyclic amines) is 1. The van der Waals surface area contributed by atoms with Gasteiger partial charge in [-0.1, -0.05) is 32.1 Å². The Labute approximate surface area is 99.6 Å². The fraction of sp³-hybridized carbons (Fsp3) is 0.929. The predicted molar refractivity (Wildman–Crippen MR) is 66.0 cm³/mol. The first-order valence-corrected chi connectivity index (χ1v) is 6.99. The predicted octanol–water partition coefficient (Wildman–Crippen LogP) is 3.19. The topological polar surface area (TPSA) is 27.0 Å². The van der Waals surface area contributed by atoms with Crippen LogP contribution in [0.3, 0.4) is 0 Å². The van der Waals surface area contributed by atoms with Gasteiger partial charge in [0.15, 0.2) is 0 Å². The van der Waals surface area contributed by atoms with Crippen LogP contribution in [-0.4, -0.2) is 24.5 Å². The van der Waals surface area contributed by atoms with Crippen molar-refractivity contribution in [2.75, 3.05) is 19.6 Å². The van der Waals surface area contributed by atoms with Crippen molar-refractivity contribution >= 4 is 0 Å². The van der Waals surface area contributed by atoms with Gasteiger partial charge in [-0.2, -0.15) is 5.26 Å². The van der Waals surface area contributed by atoms with Crippen LogP contribution in [-0.2, 0) is 0 Å². The maximum absolute atomic E-state index is 8.58. The average Bonchev–Trinajstić information content (AvgIpc) is 2.38. The van der Waals surface area contributed by atoms with Gasteiger partial charge in [0.2, 0.25) is 0 Å². The Bertz CT molecular complexity index is 230. The molecule has 1 heterocycles. The van der Waals surface area contributed by atoms with Crippen LogP contribution in [0.25, 0.3) is 0 Å². The first kappa shape index (κ1) is 11.9. The second-order valence-electron chi connectivity index (χ2n) is 5.49. The van der Waals surface area contributed by atoms with Gasteiger partial charge in [-0.05, 0) is 37.8 Å². The molecule has 2 nitrogen and oxygen atoms in total. The van der Waals surface area contributed by atoms with Gasteiger partial charge < -0.3 is 4.90 Å². The lowest BCUT2D eigenvalue weighted by molar-refractivity contribution is 0.129. The lowest BCUT2D eigenvalue weighted by atomic mass is 9.76. The molecule has 0 atom stereocenters. The van der Waals surface area contributed by atoms with E-state index in [9.17, 15) is 0 Å². The maximum atomic E-state index is 8.58. The van der Waals surface area contributed by atoms with Crippen LogP contribution in [0, 0.1) is 23.2 Å². The van der Waals surface area contributed by atoms with E-state index in [0.29, 0.717) is 6.42 Å². The number of hydrogen-bond donors (Lipinski definition) is 0. The summed E-state index contributed by atoms with van der Waals surface area (Å²) in [6.45, 7) is 3.47. The molecule has 0 amide bonds. The van der Waals surface area contributed by atoms with Crippen LogP contribution in [0.2, 0.25) is 0 Å². The largest absolute Gasteiger partial charge is 0.302 e. The fourth-order valence-electron chi connectivity index (χ4n) is 3.46. The number of nitrogens with zero attached hydrogens (tertiary/aromatic N) is 2. The highest BCUT2D eigenvalue weighted by atomic mass is 15.1. The highest BCUT2D eigenvalue weighted by Crippen LogP contribution is 2.35. The van der Waals surface area contributed by atoms with E-state index in [1.165, 1.54) is 58.0 Å². The highest BCUT2D eigenvalue weighted by Gasteiger charge is 2.27. The Balaban J connectivity index is 1.70. The molecule has 0 aromatic carbocycles. The van der Waals surface area contributed by atoms with Crippen LogP contribution >= 0.6 is 0 Å². The summed E-state index contributed by atoms with van der Waals surface area (Å²) in [6, 6.07) is 2.25. The minimum atomic E-state index is 0.702. The molecule has 1 aliphatic carbocycles. The fourth-order valence-corrected chi connectivity index (χ4v) is 3.46. The standard InChI is InChI=1S/C14H24N2/c15-9-4-10-16-11-7-14(8-12-16)13-5-2-1-3-6-13/h13-14H,1-8,10-12H2. The molecule has 0 aromatic rings. The lowest BCUT2D eigenvalue weighted by Gasteiger charge is -2.37. The van der Waals surface area contributed by atoms with E-state index >= 15 is 0 Å². The summed E-state index contributed by atoms with van der Waals surface area (Å²) >= 11 is 0. The van der Waals surface area contributed by atoms with E-state index < -0.39 is 0 Å². The molecule has 2 rings (SSSR count). The van der Waals surface area contributed by atoms with Crippen molar-refractivity contribution in [2.24, 2.45) is 11.8 Å². The van der Waals surface area contributed by atoms with Crippen molar-refractivity contribution in [1.29, 1.82) is 5.26 Å². The van der Waals surface area contributed by atoms with Gasteiger partial charge in [0, 0.05) is 13.0 Å². The van der Waals surface area contributed by atoms with Crippen molar-refractivity contribution in [3.63, 3.8) is 0 Å². The summed E-state index contributed by atoms with van der Waals surface area (Å²) in [5.74, 6) is 2.03. The Kier molecular flexibility index (Phi) is 4.66. The molecule has 0 spiro atoms. The third-order valence-electron chi connectivity index (χ3n) is 4.49. The molecule has 90 valence electrons. The highest BCUT2D eigenvalue weighted by molar-refractivity contribution is 4.81. The van der Waals surface area contributed by atoms with E-state index in [1.807, 2.05) is 0 Å². The molecule has 0 unspecified atom stereocenters. The van der Waals surface area contributed by atoms with E-state index in [4.69, 9.17) is 5.26 Å². The van der Waals surface area contributed by atoms with Crippen LogP contribution < -0.4 is 0 Å². The van der Waals surface area contributed by atoms with E-state index in [1.54, 1.807) is 0 Å². The average molecular weight is 220 g/mol. The van der Waals surface area contributed by atoms with Crippen LogP contribution in [0.1, 0.15) is 51.4 Å². The molecule has 0 bridgehead atoms. The minimum absolute atomic E-state index is 0.702. The Hall–Kier alpha value is -0.550. The molecule has 1 saturated carbocycles. The molecule has 2 fully saturated rings. The maximum Gasteiger partial charge on any atom is 0.0635 e. The molecule has 2 aliphatic rings. The molecule has 16 heavy (non-hydrogen) atoms. The number of rotatable bonds is 3. The third kappa shape index (κ3) is 3.22. The van der Waals surface area contributed by atoms with Gasteiger partial charge in [0.05, 0.1) is 6.07 Å². The first-order chi connectivity index (χ1) is 7.90. The molecular formula is C14H24N2. The molecule has 2 heteroatoms.